The van der Waals surface area contributed by atoms with Gasteiger partial charge in [0.1, 0.15) is 5.82 Å². The lowest BCUT2D eigenvalue weighted by molar-refractivity contribution is 0.757. The molecule has 0 aliphatic carbocycles. The Morgan fingerprint density at radius 3 is 2.72 bits per heavy atom. The number of hydrogen-bond donors (Lipinski definition) is 1. The number of benzene rings is 1. The van der Waals surface area contributed by atoms with Gasteiger partial charge in [0.2, 0.25) is 0 Å². The molecule has 1 N–H and O–H groups in total. The van der Waals surface area contributed by atoms with Crippen LogP contribution in [0.3, 0.4) is 0 Å². The second kappa shape index (κ2) is 6.05. The summed E-state index contributed by atoms with van der Waals surface area (Å²) in [6, 6.07) is 8.57. The van der Waals surface area contributed by atoms with Gasteiger partial charge in [0.05, 0.1) is 5.52 Å². The van der Waals surface area contributed by atoms with Gasteiger partial charge < -0.3 is 5.32 Å². The zero-order valence-corrected chi connectivity index (χ0v) is 11.9. The minimum absolute atomic E-state index is 0.419. The summed E-state index contributed by atoms with van der Waals surface area (Å²) >= 11 is 1.68. The van der Waals surface area contributed by atoms with Crippen molar-refractivity contribution in [2.75, 3.05) is 11.1 Å². The molecule has 0 saturated carbocycles. The van der Waals surface area contributed by atoms with Crippen LogP contribution in [0.2, 0.25) is 0 Å². The molecule has 4 heteroatoms. The quantitative estimate of drug-likeness (QED) is 0.653. The van der Waals surface area contributed by atoms with Crippen LogP contribution in [0.25, 0.3) is 10.9 Å². The Balaban J connectivity index is 2.46. The van der Waals surface area contributed by atoms with Gasteiger partial charge in [0.15, 0.2) is 5.16 Å². The van der Waals surface area contributed by atoms with E-state index >= 15 is 0 Å². The lowest BCUT2D eigenvalue weighted by atomic mass is 10.2. The zero-order valence-electron chi connectivity index (χ0n) is 11.1. The summed E-state index contributed by atoms with van der Waals surface area (Å²) in [5, 5.41) is 5.41. The Labute approximate surface area is 112 Å². The molecule has 1 aromatic heterocycles. The van der Waals surface area contributed by atoms with Gasteiger partial charge in [-0.05, 0) is 31.2 Å². The van der Waals surface area contributed by atoms with Crippen LogP contribution in [0.4, 0.5) is 5.82 Å². The molecular weight excluding hydrogens is 242 g/mol. The van der Waals surface area contributed by atoms with Crippen molar-refractivity contribution >= 4 is 28.5 Å². The third-order valence-electron chi connectivity index (χ3n) is 2.85. The van der Waals surface area contributed by atoms with E-state index in [4.69, 9.17) is 0 Å². The number of rotatable bonds is 5. The van der Waals surface area contributed by atoms with Gasteiger partial charge in [-0.3, -0.25) is 0 Å². The first-order chi connectivity index (χ1) is 8.74. The van der Waals surface area contributed by atoms with Crippen LogP contribution in [0.5, 0.6) is 0 Å². The highest BCUT2D eigenvalue weighted by atomic mass is 32.2. The molecule has 1 heterocycles. The fourth-order valence-electron chi connectivity index (χ4n) is 1.69. The number of hydrogen-bond acceptors (Lipinski definition) is 4. The second-order valence-electron chi connectivity index (χ2n) is 4.26. The van der Waals surface area contributed by atoms with Gasteiger partial charge in [0, 0.05) is 11.4 Å². The molecule has 0 aliphatic rings. The molecule has 2 aromatic rings. The maximum Gasteiger partial charge on any atom is 0.190 e. The fraction of sp³-hybridized carbons (Fsp3) is 0.429. The summed E-state index contributed by atoms with van der Waals surface area (Å²) in [5.41, 5.74) is 1.01. The number of anilines is 1. The Bertz CT molecular complexity index is 527. The fourth-order valence-corrected chi connectivity index (χ4v) is 2.27. The van der Waals surface area contributed by atoms with Crippen LogP contribution >= 0.6 is 11.8 Å². The highest BCUT2D eigenvalue weighted by Crippen LogP contribution is 2.24. The highest BCUT2D eigenvalue weighted by molar-refractivity contribution is 7.99. The molecule has 1 unspecified atom stereocenters. The van der Waals surface area contributed by atoms with Crippen molar-refractivity contribution in [2.24, 2.45) is 0 Å². The van der Waals surface area contributed by atoms with E-state index in [1.165, 1.54) is 0 Å². The van der Waals surface area contributed by atoms with Crippen molar-refractivity contribution in [3.8, 4) is 0 Å². The van der Waals surface area contributed by atoms with E-state index in [9.17, 15) is 0 Å². The summed E-state index contributed by atoms with van der Waals surface area (Å²) < 4.78 is 0. The smallest absolute Gasteiger partial charge is 0.190 e. The van der Waals surface area contributed by atoms with Crippen LogP contribution < -0.4 is 5.32 Å². The molecule has 0 fully saturated rings. The van der Waals surface area contributed by atoms with Crippen molar-refractivity contribution in [1.29, 1.82) is 0 Å². The predicted molar refractivity (Wildman–Crippen MR) is 79.3 cm³/mol. The average molecular weight is 261 g/mol. The van der Waals surface area contributed by atoms with E-state index in [0.717, 1.165) is 34.1 Å². The molecule has 0 bridgehead atoms. The normalized spacial score (nSPS) is 12.6. The largest absolute Gasteiger partial charge is 0.367 e. The third kappa shape index (κ3) is 2.93. The number of nitrogens with zero attached hydrogens (tertiary/aromatic N) is 2. The SMILES string of the molecule is CCSc1nc(NC(C)CC)c2ccccc2n1. The first-order valence-electron chi connectivity index (χ1n) is 6.40. The molecule has 2 rings (SSSR count). The van der Waals surface area contributed by atoms with E-state index in [-0.39, 0.29) is 0 Å². The van der Waals surface area contributed by atoms with Crippen LogP contribution in [0.15, 0.2) is 29.4 Å². The van der Waals surface area contributed by atoms with Gasteiger partial charge in [-0.15, -0.1) is 0 Å². The van der Waals surface area contributed by atoms with E-state index in [1.807, 2.05) is 18.2 Å². The Morgan fingerprint density at radius 1 is 1.22 bits per heavy atom. The third-order valence-corrected chi connectivity index (χ3v) is 3.58. The van der Waals surface area contributed by atoms with Gasteiger partial charge in [-0.2, -0.15) is 0 Å². The van der Waals surface area contributed by atoms with E-state index in [0.29, 0.717) is 6.04 Å². The van der Waals surface area contributed by atoms with Crippen molar-refractivity contribution in [2.45, 2.75) is 38.4 Å². The Morgan fingerprint density at radius 2 is 2.00 bits per heavy atom. The summed E-state index contributed by atoms with van der Waals surface area (Å²) in [5.74, 6) is 1.94. The molecule has 0 aliphatic heterocycles. The molecule has 0 amide bonds. The number of fused-ring (bicyclic) bond motifs is 1. The Hall–Kier alpha value is -1.29. The van der Waals surface area contributed by atoms with Gasteiger partial charge in [0.25, 0.3) is 0 Å². The molecule has 1 aromatic carbocycles. The van der Waals surface area contributed by atoms with Crippen LogP contribution in [-0.4, -0.2) is 21.8 Å². The van der Waals surface area contributed by atoms with Gasteiger partial charge in [-0.1, -0.05) is 37.7 Å². The average Bonchev–Trinajstić information content (AvgIpc) is 2.39. The minimum Gasteiger partial charge on any atom is -0.367 e. The molecule has 96 valence electrons. The topological polar surface area (TPSA) is 37.8 Å². The zero-order chi connectivity index (χ0) is 13.0. The van der Waals surface area contributed by atoms with Crippen LogP contribution in [0.1, 0.15) is 27.2 Å². The maximum atomic E-state index is 4.62. The molecule has 0 radical (unpaired) electrons. The van der Waals surface area contributed by atoms with Crippen molar-refractivity contribution in [1.82, 2.24) is 9.97 Å². The van der Waals surface area contributed by atoms with E-state index < -0.39 is 0 Å². The lowest BCUT2D eigenvalue weighted by Gasteiger charge is -2.14. The number of thioether (sulfide) groups is 1. The second-order valence-corrected chi connectivity index (χ2v) is 5.49. The Kier molecular flexibility index (Phi) is 4.42. The van der Waals surface area contributed by atoms with Crippen LogP contribution in [0, 0.1) is 0 Å². The molecule has 3 nitrogen and oxygen atoms in total. The molecule has 0 spiro atoms. The summed E-state index contributed by atoms with van der Waals surface area (Å²) in [7, 11) is 0. The first kappa shape index (κ1) is 13.1. The monoisotopic (exact) mass is 261 g/mol. The summed E-state index contributed by atoms with van der Waals surface area (Å²) in [4.78, 5) is 9.19. The number of para-hydroxylation sites is 1. The van der Waals surface area contributed by atoms with Gasteiger partial charge >= 0.3 is 0 Å². The van der Waals surface area contributed by atoms with Crippen molar-refractivity contribution in [3.63, 3.8) is 0 Å². The molecule has 1 atom stereocenters. The van der Waals surface area contributed by atoms with Crippen molar-refractivity contribution in [3.05, 3.63) is 24.3 Å². The maximum absolute atomic E-state index is 4.62. The number of aromatic nitrogens is 2. The minimum atomic E-state index is 0.419. The van der Waals surface area contributed by atoms with E-state index in [1.54, 1.807) is 11.8 Å². The predicted octanol–water partition coefficient (Wildman–Crippen LogP) is 3.95. The van der Waals surface area contributed by atoms with Crippen molar-refractivity contribution < 1.29 is 0 Å². The molecular formula is C14H19N3S. The summed E-state index contributed by atoms with van der Waals surface area (Å²) in [6.07, 6.45) is 1.08. The van der Waals surface area contributed by atoms with Gasteiger partial charge in [-0.25, -0.2) is 9.97 Å². The number of nitrogens with one attached hydrogen (secondary N) is 1. The van der Waals surface area contributed by atoms with E-state index in [2.05, 4.69) is 42.1 Å². The van der Waals surface area contributed by atoms with Crippen LogP contribution in [-0.2, 0) is 0 Å². The molecule has 18 heavy (non-hydrogen) atoms. The molecule has 0 saturated heterocycles. The first-order valence-corrected chi connectivity index (χ1v) is 7.39. The summed E-state index contributed by atoms with van der Waals surface area (Å²) in [6.45, 7) is 6.46. The lowest BCUT2D eigenvalue weighted by Crippen LogP contribution is -2.15. The standard InChI is InChI=1S/C14H19N3S/c1-4-10(3)15-13-11-8-6-7-9-12(11)16-14(17-13)18-5-2/h6-10H,4-5H2,1-3H3,(H,15,16,17). The highest BCUT2D eigenvalue weighted by Gasteiger charge is 2.09.